The largest absolute Gasteiger partial charge is 0.497 e. The summed E-state index contributed by atoms with van der Waals surface area (Å²) in [5, 5.41) is 7.42. The zero-order valence-corrected chi connectivity index (χ0v) is 16.8. The number of ether oxygens (including phenoxy) is 3. The molecule has 3 rings (SSSR count). The van der Waals surface area contributed by atoms with E-state index in [1.807, 2.05) is 30.3 Å². The lowest BCUT2D eigenvalue weighted by Gasteiger charge is -2.32. The minimum absolute atomic E-state index is 0.157. The molecule has 0 atom stereocenters. The van der Waals surface area contributed by atoms with Crippen LogP contribution in [0.2, 0.25) is 0 Å². The number of hydrogen-bond donors (Lipinski definition) is 2. The van der Waals surface area contributed by atoms with Crippen LogP contribution in [-0.2, 0) is 5.54 Å². The second kappa shape index (κ2) is 8.48. The molecular weight excluding hydrogens is 360 g/mol. The van der Waals surface area contributed by atoms with E-state index in [0.717, 1.165) is 30.0 Å². The molecule has 0 amide bonds. The van der Waals surface area contributed by atoms with Crippen molar-refractivity contribution in [2.45, 2.75) is 31.2 Å². The minimum Gasteiger partial charge on any atom is -0.497 e. The van der Waals surface area contributed by atoms with E-state index >= 15 is 0 Å². The van der Waals surface area contributed by atoms with E-state index < -0.39 is 0 Å². The van der Waals surface area contributed by atoms with E-state index in [1.165, 1.54) is 18.4 Å². The Bertz CT molecular complexity index is 787. The van der Waals surface area contributed by atoms with Crippen molar-refractivity contribution in [2.24, 2.45) is 0 Å². The van der Waals surface area contributed by atoms with Crippen molar-refractivity contribution in [3.05, 3.63) is 48.0 Å². The molecule has 0 saturated heterocycles. The van der Waals surface area contributed by atoms with Crippen molar-refractivity contribution in [2.75, 3.05) is 26.6 Å². The lowest BCUT2D eigenvalue weighted by molar-refractivity contribution is 0.395. The lowest BCUT2D eigenvalue weighted by Crippen LogP contribution is -2.45. The Balaban J connectivity index is 1.78. The zero-order valence-electron chi connectivity index (χ0n) is 16.0. The molecule has 1 fully saturated rings. The van der Waals surface area contributed by atoms with Crippen molar-refractivity contribution in [1.82, 2.24) is 5.32 Å². The van der Waals surface area contributed by atoms with Gasteiger partial charge in [-0.2, -0.15) is 0 Å². The van der Waals surface area contributed by atoms with Crippen LogP contribution in [0.3, 0.4) is 0 Å². The third-order valence-electron chi connectivity index (χ3n) is 5.11. The highest BCUT2D eigenvalue weighted by Crippen LogP contribution is 2.39. The Hall–Kier alpha value is -2.47. The third kappa shape index (κ3) is 4.27. The van der Waals surface area contributed by atoms with Gasteiger partial charge in [-0.1, -0.05) is 25.0 Å². The molecule has 6 heteroatoms. The van der Waals surface area contributed by atoms with Crippen molar-refractivity contribution in [3.8, 4) is 17.2 Å². The average molecular weight is 387 g/mol. The van der Waals surface area contributed by atoms with Crippen LogP contribution in [0, 0.1) is 0 Å². The number of hydrogen-bond acceptors (Lipinski definition) is 4. The monoisotopic (exact) mass is 386 g/mol. The fraction of sp³-hybridized carbons (Fsp3) is 0.381. The van der Waals surface area contributed by atoms with Crippen LogP contribution < -0.4 is 24.8 Å². The standard InChI is InChI=1S/C21H26N2O3S/c1-24-16-8-6-15(7-9-16)21(12-4-5-13-21)23-20(27)22-18-11-10-17(25-2)14-19(18)26-3/h6-11,14H,4-5,12-13H2,1-3H3,(H2,22,23,27). The van der Waals surface area contributed by atoms with Crippen molar-refractivity contribution < 1.29 is 14.2 Å². The number of thiocarbonyl (C=S) groups is 1. The first-order chi connectivity index (χ1) is 13.1. The molecule has 0 heterocycles. The predicted molar refractivity (Wildman–Crippen MR) is 112 cm³/mol. The molecule has 0 bridgehead atoms. The highest BCUT2D eigenvalue weighted by molar-refractivity contribution is 7.80. The second-order valence-electron chi connectivity index (χ2n) is 6.66. The first kappa shape index (κ1) is 19.3. The average Bonchev–Trinajstić information content (AvgIpc) is 3.17. The maximum absolute atomic E-state index is 5.63. The number of anilines is 1. The molecule has 144 valence electrons. The highest BCUT2D eigenvalue weighted by Gasteiger charge is 2.36. The summed E-state index contributed by atoms with van der Waals surface area (Å²) in [5.41, 5.74) is 1.88. The van der Waals surface area contributed by atoms with Crippen molar-refractivity contribution in [3.63, 3.8) is 0 Å². The van der Waals surface area contributed by atoms with Crippen LogP contribution in [0.1, 0.15) is 31.2 Å². The first-order valence-electron chi connectivity index (χ1n) is 9.06. The molecule has 0 aromatic heterocycles. The van der Waals surface area contributed by atoms with Gasteiger partial charge >= 0.3 is 0 Å². The first-order valence-corrected chi connectivity index (χ1v) is 9.47. The Labute approximate surface area is 166 Å². The van der Waals surface area contributed by atoms with Gasteiger partial charge in [0, 0.05) is 6.07 Å². The zero-order chi connectivity index (χ0) is 19.3. The van der Waals surface area contributed by atoms with Crippen LogP contribution in [0.25, 0.3) is 0 Å². The SMILES string of the molecule is COc1ccc(C2(NC(=S)Nc3ccc(OC)cc3OC)CCCC2)cc1. The topological polar surface area (TPSA) is 51.8 Å². The van der Waals surface area contributed by atoms with Crippen LogP contribution >= 0.6 is 12.2 Å². The lowest BCUT2D eigenvalue weighted by atomic mass is 9.88. The van der Waals surface area contributed by atoms with Crippen molar-refractivity contribution in [1.29, 1.82) is 0 Å². The molecule has 2 aromatic rings. The van der Waals surface area contributed by atoms with Gasteiger partial charge in [0.1, 0.15) is 17.2 Å². The third-order valence-corrected chi connectivity index (χ3v) is 5.31. The molecule has 1 saturated carbocycles. The van der Waals surface area contributed by atoms with Crippen LogP contribution in [-0.4, -0.2) is 26.4 Å². The van der Waals surface area contributed by atoms with Gasteiger partial charge in [0.15, 0.2) is 5.11 Å². The van der Waals surface area contributed by atoms with E-state index in [1.54, 1.807) is 21.3 Å². The smallest absolute Gasteiger partial charge is 0.171 e. The highest BCUT2D eigenvalue weighted by atomic mass is 32.1. The van der Waals surface area contributed by atoms with E-state index in [4.69, 9.17) is 26.4 Å². The predicted octanol–water partition coefficient (Wildman–Crippen LogP) is 4.47. The molecule has 0 spiro atoms. The Morgan fingerprint density at radius 1 is 0.889 bits per heavy atom. The van der Waals surface area contributed by atoms with Gasteiger partial charge < -0.3 is 24.8 Å². The molecule has 1 aliphatic rings. The molecule has 5 nitrogen and oxygen atoms in total. The molecule has 0 unspecified atom stereocenters. The van der Waals surface area contributed by atoms with E-state index in [2.05, 4.69) is 22.8 Å². The van der Waals surface area contributed by atoms with E-state index in [-0.39, 0.29) is 5.54 Å². The maximum Gasteiger partial charge on any atom is 0.171 e. The Kier molecular flexibility index (Phi) is 6.06. The summed E-state index contributed by atoms with van der Waals surface area (Å²) >= 11 is 5.63. The van der Waals surface area contributed by atoms with Gasteiger partial charge in [-0.15, -0.1) is 0 Å². The molecule has 1 aliphatic carbocycles. The minimum atomic E-state index is -0.157. The summed E-state index contributed by atoms with van der Waals surface area (Å²) in [7, 11) is 4.94. The number of benzene rings is 2. The number of nitrogens with one attached hydrogen (secondary N) is 2. The number of methoxy groups -OCH3 is 3. The molecule has 2 N–H and O–H groups in total. The summed E-state index contributed by atoms with van der Waals surface area (Å²) in [4.78, 5) is 0. The van der Waals surface area contributed by atoms with Crippen LogP contribution in [0.4, 0.5) is 5.69 Å². The molecule has 2 aromatic carbocycles. The van der Waals surface area contributed by atoms with Gasteiger partial charge in [0.25, 0.3) is 0 Å². The molecule has 0 aliphatic heterocycles. The Morgan fingerprint density at radius 3 is 2.11 bits per heavy atom. The normalized spacial score (nSPS) is 15.1. The van der Waals surface area contributed by atoms with Crippen LogP contribution in [0.5, 0.6) is 17.2 Å². The fourth-order valence-electron chi connectivity index (χ4n) is 3.65. The summed E-state index contributed by atoms with van der Waals surface area (Å²) < 4.78 is 16.0. The summed E-state index contributed by atoms with van der Waals surface area (Å²) in [6.07, 6.45) is 4.43. The van der Waals surface area contributed by atoms with Crippen molar-refractivity contribution >= 4 is 23.0 Å². The quantitative estimate of drug-likeness (QED) is 0.715. The maximum atomic E-state index is 5.63. The molecule has 27 heavy (non-hydrogen) atoms. The summed E-state index contributed by atoms with van der Waals surface area (Å²) in [5.74, 6) is 2.28. The molecular formula is C21H26N2O3S. The van der Waals surface area contributed by atoms with Gasteiger partial charge in [-0.3, -0.25) is 0 Å². The van der Waals surface area contributed by atoms with Crippen LogP contribution in [0.15, 0.2) is 42.5 Å². The van der Waals surface area contributed by atoms with E-state index in [9.17, 15) is 0 Å². The second-order valence-corrected chi connectivity index (χ2v) is 7.07. The summed E-state index contributed by atoms with van der Waals surface area (Å²) in [6, 6.07) is 13.9. The van der Waals surface area contributed by atoms with Gasteiger partial charge in [0.2, 0.25) is 0 Å². The Morgan fingerprint density at radius 2 is 1.52 bits per heavy atom. The molecule has 0 radical (unpaired) electrons. The summed E-state index contributed by atoms with van der Waals surface area (Å²) in [6.45, 7) is 0. The van der Waals surface area contributed by atoms with Gasteiger partial charge in [-0.25, -0.2) is 0 Å². The van der Waals surface area contributed by atoms with Gasteiger partial charge in [0.05, 0.1) is 32.6 Å². The van der Waals surface area contributed by atoms with Gasteiger partial charge in [-0.05, 0) is 54.9 Å². The fourth-order valence-corrected chi connectivity index (χ4v) is 3.95. The number of rotatable bonds is 6. The van der Waals surface area contributed by atoms with E-state index in [0.29, 0.717) is 10.9 Å².